The highest BCUT2D eigenvalue weighted by Gasteiger charge is 1.99. The van der Waals surface area contributed by atoms with E-state index < -0.39 is 0 Å². The summed E-state index contributed by atoms with van der Waals surface area (Å²) in [4.78, 5) is 0. The molecule has 0 fully saturated rings. The molecule has 0 saturated carbocycles. The van der Waals surface area contributed by atoms with Gasteiger partial charge in [0.2, 0.25) is 6.39 Å². The van der Waals surface area contributed by atoms with Crippen molar-refractivity contribution >= 4 is 5.69 Å². The van der Waals surface area contributed by atoms with Gasteiger partial charge in [-0.25, -0.2) is 0 Å². The fourth-order valence-corrected chi connectivity index (χ4v) is 1.01. The second kappa shape index (κ2) is 3.78. The summed E-state index contributed by atoms with van der Waals surface area (Å²) in [7, 11) is 0. The first-order valence-corrected chi connectivity index (χ1v) is 4.08. The molecule has 1 aromatic heterocycles. The molecule has 2 N–H and O–H groups in total. The molecule has 0 aliphatic heterocycles. The van der Waals surface area contributed by atoms with E-state index in [1.54, 1.807) is 12.1 Å². The summed E-state index contributed by atoms with van der Waals surface area (Å²) in [6.07, 6.45) is 1.26. The Morgan fingerprint density at radius 2 is 2.36 bits per heavy atom. The van der Waals surface area contributed by atoms with Crippen LogP contribution < -0.4 is 10.5 Å². The predicted molar refractivity (Wildman–Crippen MR) is 49.5 cm³/mol. The smallest absolute Gasteiger partial charge is 0.253 e. The Kier molecular flexibility index (Phi) is 2.31. The van der Waals surface area contributed by atoms with Crippen LogP contribution in [-0.2, 0) is 6.61 Å². The van der Waals surface area contributed by atoms with E-state index in [2.05, 4.69) is 10.2 Å². The summed E-state index contributed by atoms with van der Waals surface area (Å²) in [5, 5.41) is 7.21. The number of benzene rings is 1. The Bertz CT molecular complexity index is 400. The number of ether oxygens (including phenoxy) is 1. The first-order valence-electron chi connectivity index (χ1n) is 4.08. The standard InChI is InChI=1S/C9H9N3O2/c10-7-2-1-3-8(4-7)13-5-9-12-11-6-14-9/h1-4,6H,5,10H2. The molecule has 5 heteroatoms. The van der Waals surface area contributed by atoms with Gasteiger partial charge in [-0.2, -0.15) is 0 Å². The third-order valence-electron chi connectivity index (χ3n) is 1.63. The van der Waals surface area contributed by atoms with Crippen LogP contribution in [0.5, 0.6) is 5.75 Å². The van der Waals surface area contributed by atoms with Crippen LogP contribution in [0.25, 0.3) is 0 Å². The highest BCUT2D eigenvalue weighted by molar-refractivity contribution is 5.43. The Morgan fingerprint density at radius 3 is 3.07 bits per heavy atom. The van der Waals surface area contributed by atoms with E-state index in [-0.39, 0.29) is 6.61 Å². The molecule has 0 bridgehead atoms. The molecule has 14 heavy (non-hydrogen) atoms. The topological polar surface area (TPSA) is 74.2 Å². The van der Waals surface area contributed by atoms with Crippen molar-refractivity contribution in [1.82, 2.24) is 10.2 Å². The van der Waals surface area contributed by atoms with Crippen LogP contribution in [0.2, 0.25) is 0 Å². The third kappa shape index (κ3) is 2.01. The number of rotatable bonds is 3. The molecule has 0 aliphatic carbocycles. The molecular weight excluding hydrogens is 182 g/mol. The Morgan fingerprint density at radius 1 is 1.43 bits per heavy atom. The number of nitrogens with two attached hydrogens (primary N) is 1. The van der Waals surface area contributed by atoms with Crippen molar-refractivity contribution in [3.63, 3.8) is 0 Å². The zero-order chi connectivity index (χ0) is 9.80. The van der Waals surface area contributed by atoms with Crippen molar-refractivity contribution in [2.24, 2.45) is 0 Å². The van der Waals surface area contributed by atoms with Crippen LogP contribution in [0.1, 0.15) is 5.89 Å². The quantitative estimate of drug-likeness (QED) is 0.738. The molecule has 0 saturated heterocycles. The first-order chi connectivity index (χ1) is 6.84. The summed E-state index contributed by atoms with van der Waals surface area (Å²) >= 11 is 0. The van der Waals surface area contributed by atoms with E-state index in [1.165, 1.54) is 6.39 Å². The van der Waals surface area contributed by atoms with Gasteiger partial charge in [0.05, 0.1) is 0 Å². The van der Waals surface area contributed by atoms with Crippen molar-refractivity contribution in [2.45, 2.75) is 6.61 Å². The Hall–Kier alpha value is -2.04. The summed E-state index contributed by atoms with van der Waals surface area (Å²) in [6, 6.07) is 7.15. The van der Waals surface area contributed by atoms with Gasteiger partial charge < -0.3 is 14.9 Å². The van der Waals surface area contributed by atoms with Gasteiger partial charge in [0.15, 0.2) is 6.61 Å². The molecule has 1 heterocycles. The number of aromatic nitrogens is 2. The average molecular weight is 191 g/mol. The number of nitrogens with zero attached hydrogens (tertiary/aromatic N) is 2. The fraction of sp³-hybridized carbons (Fsp3) is 0.111. The predicted octanol–water partition coefficient (Wildman–Crippen LogP) is 1.23. The largest absolute Gasteiger partial charge is 0.484 e. The van der Waals surface area contributed by atoms with Gasteiger partial charge in [-0.05, 0) is 12.1 Å². The van der Waals surface area contributed by atoms with Crippen LogP contribution in [0.3, 0.4) is 0 Å². The lowest BCUT2D eigenvalue weighted by Gasteiger charge is -2.02. The first kappa shape index (κ1) is 8.55. The maximum atomic E-state index is 5.58. The van der Waals surface area contributed by atoms with Gasteiger partial charge in [0.25, 0.3) is 5.89 Å². The lowest BCUT2D eigenvalue weighted by atomic mass is 10.3. The van der Waals surface area contributed by atoms with E-state index in [0.717, 1.165) is 0 Å². The van der Waals surface area contributed by atoms with Crippen molar-refractivity contribution in [3.8, 4) is 5.75 Å². The molecule has 0 atom stereocenters. The summed E-state index contributed by atoms with van der Waals surface area (Å²) in [5.74, 6) is 1.12. The van der Waals surface area contributed by atoms with Gasteiger partial charge in [0.1, 0.15) is 5.75 Å². The van der Waals surface area contributed by atoms with E-state index in [9.17, 15) is 0 Å². The normalized spacial score (nSPS) is 10.0. The van der Waals surface area contributed by atoms with Gasteiger partial charge >= 0.3 is 0 Å². The van der Waals surface area contributed by atoms with E-state index >= 15 is 0 Å². The molecule has 2 aromatic rings. The molecule has 5 nitrogen and oxygen atoms in total. The maximum Gasteiger partial charge on any atom is 0.253 e. The van der Waals surface area contributed by atoms with Crippen LogP contribution in [0.4, 0.5) is 5.69 Å². The monoisotopic (exact) mass is 191 g/mol. The van der Waals surface area contributed by atoms with Crippen LogP contribution in [0, 0.1) is 0 Å². The second-order valence-corrected chi connectivity index (χ2v) is 2.69. The molecule has 2 rings (SSSR count). The molecule has 0 aliphatic rings. The SMILES string of the molecule is Nc1cccc(OCc2nnco2)c1. The van der Waals surface area contributed by atoms with Gasteiger partial charge in [-0.3, -0.25) is 0 Å². The Balaban J connectivity index is 1.98. The van der Waals surface area contributed by atoms with E-state index in [0.29, 0.717) is 17.3 Å². The van der Waals surface area contributed by atoms with Gasteiger partial charge in [-0.15, -0.1) is 10.2 Å². The molecule has 0 amide bonds. The lowest BCUT2D eigenvalue weighted by Crippen LogP contribution is -1.96. The number of hydrogen-bond donors (Lipinski definition) is 1. The fourth-order valence-electron chi connectivity index (χ4n) is 1.01. The number of hydrogen-bond acceptors (Lipinski definition) is 5. The van der Waals surface area contributed by atoms with Crippen molar-refractivity contribution < 1.29 is 9.15 Å². The zero-order valence-electron chi connectivity index (χ0n) is 7.38. The summed E-state index contributed by atoms with van der Waals surface area (Å²) in [5.41, 5.74) is 6.24. The molecule has 0 spiro atoms. The van der Waals surface area contributed by atoms with Gasteiger partial charge in [-0.1, -0.05) is 6.07 Å². The number of nitrogen functional groups attached to an aromatic ring is 1. The molecule has 0 unspecified atom stereocenters. The van der Waals surface area contributed by atoms with Crippen molar-refractivity contribution in [1.29, 1.82) is 0 Å². The molecule has 1 aromatic carbocycles. The zero-order valence-corrected chi connectivity index (χ0v) is 7.38. The third-order valence-corrected chi connectivity index (χ3v) is 1.63. The van der Waals surface area contributed by atoms with Gasteiger partial charge in [0, 0.05) is 11.8 Å². The minimum atomic E-state index is 0.253. The van der Waals surface area contributed by atoms with Crippen molar-refractivity contribution in [2.75, 3.05) is 5.73 Å². The Labute approximate surface area is 80.5 Å². The molecule has 72 valence electrons. The van der Waals surface area contributed by atoms with Crippen LogP contribution in [0.15, 0.2) is 35.1 Å². The minimum absolute atomic E-state index is 0.253. The van der Waals surface area contributed by atoms with Crippen LogP contribution in [-0.4, -0.2) is 10.2 Å². The van der Waals surface area contributed by atoms with Crippen LogP contribution >= 0.6 is 0 Å². The second-order valence-electron chi connectivity index (χ2n) is 2.69. The van der Waals surface area contributed by atoms with E-state index in [4.69, 9.17) is 14.9 Å². The number of anilines is 1. The highest BCUT2D eigenvalue weighted by atomic mass is 16.5. The maximum absolute atomic E-state index is 5.58. The highest BCUT2D eigenvalue weighted by Crippen LogP contribution is 2.15. The summed E-state index contributed by atoms with van der Waals surface area (Å²) in [6.45, 7) is 0.253. The molecule has 0 radical (unpaired) electrons. The molecular formula is C9H9N3O2. The van der Waals surface area contributed by atoms with E-state index in [1.807, 2.05) is 12.1 Å². The van der Waals surface area contributed by atoms with Crippen molar-refractivity contribution in [3.05, 3.63) is 36.5 Å². The lowest BCUT2D eigenvalue weighted by molar-refractivity contribution is 0.263. The average Bonchev–Trinajstić information content (AvgIpc) is 2.67. The minimum Gasteiger partial charge on any atom is -0.484 e. The summed E-state index contributed by atoms with van der Waals surface area (Å²) < 4.78 is 10.3.